The SMILES string of the molecule is CCNC(=NCCCN1CCOCC1)NC(C)COC. The summed E-state index contributed by atoms with van der Waals surface area (Å²) < 4.78 is 10.5. The molecule has 0 aliphatic carbocycles. The van der Waals surface area contributed by atoms with Crippen LogP contribution < -0.4 is 10.6 Å². The molecule has 0 bridgehead atoms. The topological polar surface area (TPSA) is 58.1 Å². The first-order valence-electron chi connectivity index (χ1n) is 7.60. The second kappa shape index (κ2) is 10.9. The van der Waals surface area contributed by atoms with Crippen molar-refractivity contribution < 1.29 is 9.47 Å². The highest BCUT2D eigenvalue weighted by Crippen LogP contribution is 1.98. The number of guanidine groups is 1. The fraction of sp³-hybridized carbons (Fsp3) is 0.929. The highest BCUT2D eigenvalue weighted by atomic mass is 16.5. The highest BCUT2D eigenvalue weighted by Gasteiger charge is 2.09. The summed E-state index contributed by atoms with van der Waals surface area (Å²) in [5, 5.41) is 6.60. The Morgan fingerprint density at radius 3 is 2.80 bits per heavy atom. The van der Waals surface area contributed by atoms with Crippen LogP contribution in [0.25, 0.3) is 0 Å². The zero-order valence-corrected chi connectivity index (χ0v) is 13.2. The maximum Gasteiger partial charge on any atom is 0.191 e. The van der Waals surface area contributed by atoms with Gasteiger partial charge in [-0.15, -0.1) is 0 Å². The van der Waals surface area contributed by atoms with Crippen LogP contribution in [0.5, 0.6) is 0 Å². The van der Waals surface area contributed by atoms with Crippen LogP contribution in [0.4, 0.5) is 0 Å². The van der Waals surface area contributed by atoms with Crippen molar-refractivity contribution in [2.45, 2.75) is 26.3 Å². The van der Waals surface area contributed by atoms with E-state index in [4.69, 9.17) is 9.47 Å². The number of ether oxygens (including phenoxy) is 2. The van der Waals surface area contributed by atoms with E-state index in [1.807, 2.05) is 0 Å². The summed E-state index contributed by atoms with van der Waals surface area (Å²) in [4.78, 5) is 7.04. The predicted octanol–water partition coefficient (Wildman–Crippen LogP) is 0.299. The van der Waals surface area contributed by atoms with Crippen molar-refractivity contribution in [1.82, 2.24) is 15.5 Å². The van der Waals surface area contributed by atoms with Gasteiger partial charge in [0.15, 0.2) is 5.96 Å². The van der Waals surface area contributed by atoms with E-state index in [0.29, 0.717) is 6.61 Å². The molecule has 6 heteroatoms. The molecule has 0 aromatic heterocycles. The number of morpholine rings is 1. The van der Waals surface area contributed by atoms with Gasteiger partial charge in [0, 0.05) is 45.9 Å². The van der Waals surface area contributed by atoms with Crippen LogP contribution in [0, 0.1) is 0 Å². The van der Waals surface area contributed by atoms with Crippen LogP contribution in [0.3, 0.4) is 0 Å². The summed E-state index contributed by atoms with van der Waals surface area (Å²) in [5.74, 6) is 0.874. The summed E-state index contributed by atoms with van der Waals surface area (Å²) >= 11 is 0. The first kappa shape index (κ1) is 17.2. The summed E-state index contributed by atoms with van der Waals surface area (Å²) in [6.45, 7) is 11.5. The smallest absolute Gasteiger partial charge is 0.191 e. The lowest BCUT2D eigenvalue weighted by molar-refractivity contribution is 0.0377. The third-order valence-corrected chi connectivity index (χ3v) is 3.15. The van der Waals surface area contributed by atoms with Crippen molar-refractivity contribution in [1.29, 1.82) is 0 Å². The van der Waals surface area contributed by atoms with Gasteiger partial charge < -0.3 is 20.1 Å². The van der Waals surface area contributed by atoms with Gasteiger partial charge in [-0.25, -0.2) is 0 Å². The third kappa shape index (κ3) is 7.67. The van der Waals surface area contributed by atoms with Gasteiger partial charge in [0.2, 0.25) is 0 Å². The van der Waals surface area contributed by atoms with Crippen molar-refractivity contribution in [3.63, 3.8) is 0 Å². The van der Waals surface area contributed by atoms with Gasteiger partial charge in [0.1, 0.15) is 0 Å². The van der Waals surface area contributed by atoms with E-state index in [1.165, 1.54) is 0 Å². The molecular formula is C14H30N4O2. The Balaban J connectivity index is 2.23. The van der Waals surface area contributed by atoms with E-state index < -0.39 is 0 Å². The first-order valence-corrected chi connectivity index (χ1v) is 7.60. The van der Waals surface area contributed by atoms with E-state index in [-0.39, 0.29) is 6.04 Å². The fourth-order valence-corrected chi connectivity index (χ4v) is 2.16. The number of nitrogens with zero attached hydrogens (tertiary/aromatic N) is 2. The molecule has 2 N–H and O–H groups in total. The van der Waals surface area contributed by atoms with E-state index in [9.17, 15) is 0 Å². The Morgan fingerprint density at radius 1 is 1.40 bits per heavy atom. The lowest BCUT2D eigenvalue weighted by Crippen LogP contribution is -2.44. The molecule has 1 fully saturated rings. The average molecular weight is 286 g/mol. The molecule has 1 aliphatic heterocycles. The number of hydrogen-bond acceptors (Lipinski definition) is 4. The maximum absolute atomic E-state index is 5.34. The Hall–Kier alpha value is -0.850. The van der Waals surface area contributed by atoms with E-state index in [1.54, 1.807) is 7.11 Å². The van der Waals surface area contributed by atoms with Gasteiger partial charge in [-0.3, -0.25) is 9.89 Å². The molecule has 6 nitrogen and oxygen atoms in total. The Labute approximate surface area is 122 Å². The lowest BCUT2D eigenvalue weighted by atomic mass is 10.3. The molecule has 1 atom stereocenters. The molecule has 1 saturated heterocycles. The van der Waals surface area contributed by atoms with Crippen LogP contribution in [0.1, 0.15) is 20.3 Å². The average Bonchev–Trinajstić information content (AvgIpc) is 2.45. The van der Waals surface area contributed by atoms with Crippen LogP contribution in [-0.2, 0) is 9.47 Å². The second-order valence-electron chi connectivity index (χ2n) is 5.07. The number of hydrogen-bond donors (Lipinski definition) is 2. The van der Waals surface area contributed by atoms with Crippen molar-refractivity contribution >= 4 is 5.96 Å². The van der Waals surface area contributed by atoms with Crippen molar-refractivity contribution in [3.05, 3.63) is 0 Å². The molecule has 1 unspecified atom stereocenters. The molecule has 1 rings (SSSR count). The van der Waals surface area contributed by atoms with E-state index in [0.717, 1.165) is 58.3 Å². The summed E-state index contributed by atoms with van der Waals surface area (Å²) in [6, 6.07) is 0.261. The summed E-state index contributed by atoms with van der Waals surface area (Å²) in [6.07, 6.45) is 1.08. The van der Waals surface area contributed by atoms with Gasteiger partial charge in [-0.2, -0.15) is 0 Å². The highest BCUT2D eigenvalue weighted by molar-refractivity contribution is 5.80. The van der Waals surface area contributed by atoms with E-state index in [2.05, 4.69) is 34.4 Å². The minimum absolute atomic E-state index is 0.261. The zero-order valence-electron chi connectivity index (χ0n) is 13.2. The number of aliphatic imine (C=N–C) groups is 1. The number of rotatable bonds is 8. The standard InChI is InChI=1S/C14H30N4O2/c1-4-15-14(17-13(2)12-19-3)16-6-5-7-18-8-10-20-11-9-18/h13H,4-12H2,1-3H3,(H2,15,16,17). The Bertz CT molecular complexity index is 268. The Kier molecular flexibility index (Phi) is 9.36. The van der Waals surface area contributed by atoms with Crippen molar-refractivity contribution in [2.24, 2.45) is 4.99 Å². The largest absolute Gasteiger partial charge is 0.383 e. The lowest BCUT2D eigenvalue weighted by Gasteiger charge is -2.26. The molecule has 0 aromatic carbocycles. The fourth-order valence-electron chi connectivity index (χ4n) is 2.16. The Morgan fingerprint density at radius 2 is 2.15 bits per heavy atom. The van der Waals surface area contributed by atoms with Gasteiger partial charge in [-0.05, 0) is 20.3 Å². The van der Waals surface area contributed by atoms with Crippen LogP contribution in [0.15, 0.2) is 4.99 Å². The van der Waals surface area contributed by atoms with Crippen LogP contribution in [0.2, 0.25) is 0 Å². The molecule has 0 amide bonds. The maximum atomic E-state index is 5.34. The van der Waals surface area contributed by atoms with E-state index >= 15 is 0 Å². The molecule has 1 aliphatic rings. The van der Waals surface area contributed by atoms with Gasteiger partial charge >= 0.3 is 0 Å². The normalized spacial score (nSPS) is 18.9. The van der Waals surface area contributed by atoms with Gasteiger partial charge in [-0.1, -0.05) is 0 Å². The van der Waals surface area contributed by atoms with Crippen molar-refractivity contribution in [2.75, 3.05) is 59.7 Å². The molecule has 20 heavy (non-hydrogen) atoms. The van der Waals surface area contributed by atoms with Gasteiger partial charge in [0.25, 0.3) is 0 Å². The minimum Gasteiger partial charge on any atom is -0.383 e. The monoisotopic (exact) mass is 286 g/mol. The molecule has 1 heterocycles. The first-order chi connectivity index (χ1) is 9.76. The third-order valence-electron chi connectivity index (χ3n) is 3.15. The predicted molar refractivity (Wildman–Crippen MR) is 82.3 cm³/mol. The van der Waals surface area contributed by atoms with Crippen molar-refractivity contribution in [3.8, 4) is 0 Å². The zero-order chi connectivity index (χ0) is 14.6. The van der Waals surface area contributed by atoms with Crippen LogP contribution >= 0.6 is 0 Å². The molecular weight excluding hydrogens is 256 g/mol. The minimum atomic E-state index is 0.261. The summed E-state index contributed by atoms with van der Waals surface area (Å²) in [7, 11) is 1.71. The molecule has 0 spiro atoms. The number of nitrogens with one attached hydrogen (secondary N) is 2. The molecule has 0 radical (unpaired) electrons. The molecule has 0 aromatic rings. The molecule has 118 valence electrons. The molecule has 0 saturated carbocycles. The summed E-state index contributed by atoms with van der Waals surface area (Å²) in [5.41, 5.74) is 0. The quantitative estimate of drug-likeness (QED) is 0.382. The van der Waals surface area contributed by atoms with Gasteiger partial charge in [0.05, 0.1) is 19.8 Å². The second-order valence-corrected chi connectivity index (χ2v) is 5.07. The van der Waals surface area contributed by atoms with Crippen LogP contribution in [-0.4, -0.2) is 76.6 Å². The number of methoxy groups -OCH3 is 1.